The highest BCUT2D eigenvalue weighted by molar-refractivity contribution is 6.00. The fourth-order valence-corrected chi connectivity index (χ4v) is 1.28. The molecule has 0 heterocycles. The van der Waals surface area contributed by atoms with Crippen LogP contribution in [0.5, 0.6) is 5.75 Å². The predicted octanol–water partition coefficient (Wildman–Crippen LogP) is 1.37. The maximum atomic E-state index is 13.7. The Morgan fingerprint density at radius 3 is 2.94 bits per heavy atom. The number of carbonyl (C=O) groups is 1. The fraction of sp³-hybridized carbons (Fsp3) is 0.250. The Balaban J connectivity index is 3.05. The van der Waals surface area contributed by atoms with Crippen molar-refractivity contribution in [1.82, 2.24) is 0 Å². The Bertz CT molecular complexity index is 437. The summed E-state index contributed by atoms with van der Waals surface area (Å²) in [6, 6.07) is 3.43. The minimum atomic E-state index is -0.883. The average molecular weight is 221 g/mol. The van der Waals surface area contributed by atoms with Crippen molar-refractivity contribution < 1.29 is 13.9 Å². The van der Waals surface area contributed by atoms with E-state index in [4.69, 9.17) is 16.9 Å². The lowest BCUT2D eigenvalue weighted by molar-refractivity contribution is 0.0958. The van der Waals surface area contributed by atoms with Crippen LogP contribution in [0.3, 0.4) is 0 Å². The zero-order valence-electron chi connectivity index (χ0n) is 8.87. The Hall–Kier alpha value is -1.86. The zero-order valence-corrected chi connectivity index (χ0v) is 8.87. The number of hydrogen-bond donors (Lipinski definition) is 1. The summed E-state index contributed by atoms with van der Waals surface area (Å²) in [5, 5.41) is 0. The fourth-order valence-electron chi connectivity index (χ4n) is 1.28. The maximum Gasteiger partial charge on any atom is 0.183 e. The summed E-state index contributed by atoms with van der Waals surface area (Å²) in [5.41, 5.74) is 5.43. The summed E-state index contributed by atoms with van der Waals surface area (Å²) in [4.78, 5) is 11.7. The van der Waals surface area contributed by atoms with Crippen LogP contribution in [-0.4, -0.2) is 18.9 Å². The predicted molar refractivity (Wildman–Crippen MR) is 58.7 cm³/mol. The molecular formula is C12H12FNO2. The van der Waals surface area contributed by atoms with Crippen molar-refractivity contribution in [3.8, 4) is 18.1 Å². The maximum absolute atomic E-state index is 13.7. The lowest BCUT2D eigenvalue weighted by atomic mass is 10.0. The number of nitrogens with two attached hydrogens (primary N) is 1. The van der Waals surface area contributed by atoms with Crippen LogP contribution >= 0.6 is 0 Å². The molecule has 3 nitrogen and oxygen atoms in total. The molecule has 0 radical (unpaired) electrons. The zero-order chi connectivity index (χ0) is 12.1. The first-order valence-corrected chi connectivity index (χ1v) is 4.67. The number of benzene rings is 1. The van der Waals surface area contributed by atoms with E-state index >= 15 is 0 Å². The van der Waals surface area contributed by atoms with Gasteiger partial charge in [-0.05, 0) is 12.1 Å². The molecule has 4 heteroatoms. The molecule has 0 bridgehead atoms. The Morgan fingerprint density at radius 1 is 1.69 bits per heavy atom. The molecule has 0 aliphatic carbocycles. The summed E-state index contributed by atoms with van der Waals surface area (Å²) >= 11 is 0. The third-order valence-corrected chi connectivity index (χ3v) is 2.12. The number of methoxy groups -OCH3 is 1. The molecule has 0 spiro atoms. The van der Waals surface area contributed by atoms with E-state index in [1.807, 2.05) is 0 Å². The van der Waals surface area contributed by atoms with Gasteiger partial charge in [-0.1, -0.05) is 6.07 Å². The Morgan fingerprint density at radius 2 is 2.38 bits per heavy atom. The largest absolute Gasteiger partial charge is 0.494 e. The van der Waals surface area contributed by atoms with Crippen LogP contribution in [0.25, 0.3) is 0 Å². The van der Waals surface area contributed by atoms with E-state index in [-0.39, 0.29) is 17.7 Å². The third-order valence-electron chi connectivity index (χ3n) is 2.12. The number of terminal acetylenes is 1. The van der Waals surface area contributed by atoms with Gasteiger partial charge < -0.3 is 10.5 Å². The smallest absolute Gasteiger partial charge is 0.183 e. The Kier molecular flexibility index (Phi) is 4.03. The van der Waals surface area contributed by atoms with Crippen LogP contribution in [0.1, 0.15) is 16.8 Å². The highest BCUT2D eigenvalue weighted by Crippen LogP contribution is 2.21. The first-order chi connectivity index (χ1) is 7.61. The van der Waals surface area contributed by atoms with E-state index in [0.717, 1.165) is 0 Å². The van der Waals surface area contributed by atoms with Crippen LogP contribution in [0, 0.1) is 18.2 Å². The molecular weight excluding hydrogens is 209 g/mol. The van der Waals surface area contributed by atoms with Crippen molar-refractivity contribution >= 4 is 5.78 Å². The van der Waals surface area contributed by atoms with Gasteiger partial charge >= 0.3 is 0 Å². The molecule has 1 atom stereocenters. The van der Waals surface area contributed by atoms with E-state index in [0.29, 0.717) is 0 Å². The van der Waals surface area contributed by atoms with Crippen molar-refractivity contribution in [2.45, 2.75) is 12.5 Å². The van der Waals surface area contributed by atoms with E-state index in [9.17, 15) is 9.18 Å². The molecule has 0 amide bonds. The molecule has 16 heavy (non-hydrogen) atoms. The van der Waals surface area contributed by atoms with Crippen LogP contribution in [0.4, 0.5) is 4.39 Å². The molecule has 1 aromatic carbocycles. The summed E-state index contributed by atoms with van der Waals surface area (Å²) in [6.07, 6.45) is 5.12. The van der Waals surface area contributed by atoms with E-state index in [1.165, 1.54) is 25.3 Å². The van der Waals surface area contributed by atoms with Gasteiger partial charge in [-0.3, -0.25) is 4.79 Å². The number of carbonyl (C=O) groups excluding carboxylic acids is 1. The molecule has 0 aliphatic rings. The minimum absolute atomic E-state index is 0.0127. The standard InChI is InChI=1S/C12H12FNO2/c1-3-5-9(14)12(15)8-6-4-7-10(16-2)11(8)13/h1,4,6-7,9H,5,14H2,2H3. The van der Waals surface area contributed by atoms with Crippen LogP contribution < -0.4 is 10.5 Å². The van der Waals surface area contributed by atoms with E-state index in [1.54, 1.807) is 0 Å². The van der Waals surface area contributed by atoms with Gasteiger partial charge in [-0.25, -0.2) is 4.39 Å². The molecule has 84 valence electrons. The molecule has 2 N–H and O–H groups in total. The van der Waals surface area contributed by atoms with E-state index < -0.39 is 17.6 Å². The third kappa shape index (κ3) is 2.38. The first-order valence-electron chi connectivity index (χ1n) is 4.67. The highest BCUT2D eigenvalue weighted by Gasteiger charge is 2.20. The number of ether oxygens (including phenoxy) is 1. The second kappa shape index (κ2) is 5.29. The summed E-state index contributed by atoms with van der Waals surface area (Å²) < 4.78 is 18.4. The minimum Gasteiger partial charge on any atom is -0.494 e. The normalized spacial score (nSPS) is 11.6. The van der Waals surface area contributed by atoms with Crippen LogP contribution in [-0.2, 0) is 0 Å². The van der Waals surface area contributed by atoms with Crippen molar-refractivity contribution in [2.75, 3.05) is 7.11 Å². The van der Waals surface area contributed by atoms with Gasteiger partial charge in [0.05, 0.1) is 18.7 Å². The molecule has 1 aromatic rings. The van der Waals surface area contributed by atoms with Gasteiger partial charge in [0, 0.05) is 6.42 Å². The number of Topliss-reactive ketones (excluding diaryl/α,β-unsaturated/α-hetero) is 1. The molecule has 0 saturated carbocycles. The molecule has 1 rings (SSSR count). The lowest BCUT2D eigenvalue weighted by Crippen LogP contribution is -2.30. The van der Waals surface area contributed by atoms with Crippen LogP contribution in [0.15, 0.2) is 18.2 Å². The van der Waals surface area contributed by atoms with Crippen LogP contribution in [0.2, 0.25) is 0 Å². The lowest BCUT2D eigenvalue weighted by Gasteiger charge is -2.09. The van der Waals surface area contributed by atoms with E-state index in [2.05, 4.69) is 5.92 Å². The number of ketones is 1. The van der Waals surface area contributed by atoms with Gasteiger partial charge in [-0.2, -0.15) is 0 Å². The molecule has 0 aliphatic heterocycles. The quantitative estimate of drug-likeness (QED) is 0.617. The molecule has 1 unspecified atom stereocenters. The van der Waals surface area contributed by atoms with Crippen molar-refractivity contribution in [2.24, 2.45) is 5.73 Å². The average Bonchev–Trinajstić information content (AvgIpc) is 2.29. The second-order valence-corrected chi connectivity index (χ2v) is 3.20. The van der Waals surface area contributed by atoms with Gasteiger partial charge in [0.1, 0.15) is 0 Å². The summed E-state index contributed by atoms with van der Waals surface area (Å²) in [6.45, 7) is 0. The van der Waals surface area contributed by atoms with Crippen molar-refractivity contribution in [3.63, 3.8) is 0 Å². The second-order valence-electron chi connectivity index (χ2n) is 3.20. The van der Waals surface area contributed by atoms with Gasteiger partial charge in [0.2, 0.25) is 0 Å². The topological polar surface area (TPSA) is 52.3 Å². The molecule has 0 aromatic heterocycles. The van der Waals surface area contributed by atoms with Gasteiger partial charge in [0.15, 0.2) is 17.3 Å². The summed E-state index contributed by atoms with van der Waals surface area (Å²) in [5.74, 6) is 1.05. The van der Waals surface area contributed by atoms with Crippen molar-refractivity contribution in [1.29, 1.82) is 0 Å². The summed E-state index contributed by atoms with van der Waals surface area (Å²) in [7, 11) is 1.33. The Labute approximate surface area is 93.4 Å². The van der Waals surface area contributed by atoms with Gasteiger partial charge in [-0.15, -0.1) is 12.3 Å². The number of halogens is 1. The SMILES string of the molecule is C#CCC(N)C(=O)c1cccc(OC)c1F. The van der Waals surface area contributed by atoms with Gasteiger partial charge in [0.25, 0.3) is 0 Å². The first kappa shape index (κ1) is 12.2. The highest BCUT2D eigenvalue weighted by atomic mass is 19.1. The number of hydrogen-bond acceptors (Lipinski definition) is 3. The monoisotopic (exact) mass is 221 g/mol. The van der Waals surface area contributed by atoms with Crippen molar-refractivity contribution in [3.05, 3.63) is 29.6 Å². The number of rotatable bonds is 4. The molecule has 0 fully saturated rings. The molecule has 0 saturated heterocycles.